The summed E-state index contributed by atoms with van der Waals surface area (Å²) in [5, 5.41) is 18.2. The quantitative estimate of drug-likeness (QED) is 0.614. The third kappa shape index (κ3) is 7.40. The van der Waals surface area contributed by atoms with Gasteiger partial charge in [-0.15, -0.1) is 9.05 Å². The maximum absolute atomic E-state index is 11.6. The maximum Gasteiger partial charge on any atom is 0.698 e. The Morgan fingerprint density at radius 3 is 1.69 bits per heavy atom. The number of benzene rings is 2. The average molecular weight is 373 g/mol. The van der Waals surface area contributed by atoms with Gasteiger partial charge in [0.25, 0.3) is 0 Å². The van der Waals surface area contributed by atoms with Crippen LogP contribution in [0.2, 0.25) is 0 Å². The molecule has 0 heterocycles. The van der Waals surface area contributed by atoms with E-state index in [4.69, 9.17) is 19.3 Å². The maximum atomic E-state index is 11.6. The van der Waals surface area contributed by atoms with E-state index in [0.29, 0.717) is 0 Å². The minimum atomic E-state index is -2.19. The van der Waals surface area contributed by atoms with E-state index < -0.39 is 8.25 Å². The van der Waals surface area contributed by atoms with Gasteiger partial charge in [0.05, 0.1) is 13.2 Å². The molecule has 0 spiro atoms. The van der Waals surface area contributed by atoms with Crippen molar-refractivity contribution in [3.63, 3.8) is 0 Å². The molecule has 0 aliphatic carbocycles. The zero-order valence-corrected chi connectivity index (χ0v) is 15.2. The molecular weight excluding hydrogens is 351 g/mol. The van der Waals surface area contributed by atoms with Crippen LogP contribution in [0.4, 0.5) is 0 Å². The Labute approximate surface area is 154 Å². The van der Waals surface area contributed by atoms with Gasteiger partial charge in [-0.1, -0.05) is 60.7 Å². The van der Waals surface area contributed by atoms with E-state index in [2.05, 4.69) is 0 Å². The normalized spacial score (nSPS) is 11.5. The van der Waals surface area contributed by atoms with Crippen molar-refractivity contribution in [2.24, 2.45) is 0 Å². The molecule has 5 nitrogen and oxygen atoms in total. The first-order valence-electron chi connectivity index (χ1n) is 8.17. The molecule has 6 heteroatoms. The molecule has 2 aromatic rings. The van der Waals surface area contributed by atoms with Gasteiger partial charge in [-0.2, -0.15) is 0 Å². The van der Waals surface area contributed by atoms with E-state index in [1.54, 1.807) is 12.2 Å². The SMILES string of the molecule is O=[P+](OC/C=C/c1cccc(CO)c1)OC/C=C/c1cccc(CO)c1. The summed E-state index contributed by atoms with van der Waals surface area (Å²) >= 11 is 0. The van der Waals surface area contributed by atoms with Gasteiger partial charge in [-0.3, -0.25) is 0 Å². The van der Waals surface area contributed by atoms with Crippen LogP contribution in [0.25, 0.3) is 12.2 Å². The number of aliphatic hydroxyl groups excluding tert-OH is 2. The van der Waals surface area contributed by atoms with Crippen molar-refractivity contribution in [2.45, 2.75) is 13.2 Å². The molecule has 0 aliphatic heterocycles. The fourth-order valence-corrected chi connectivity index (χ4v) is 2.69. The van der Waals surface area contributed by atoms with Gasteiger partial charge in [-0.05, 0) is 34.4 Å². The third-order valence-corrected chi connectivity index (χ3v) is 4.16. The lowest BCUT2D eigenvalue weighted by molar-refractivity contribution is 0.261. The first-order chi connectivity index (χ1) is 12.7. The first kappa shape index (κ1) is 20.2. The fraction of sp³-hybridized carbons (Fsp3) is 0.200. The molecule has 0 atom stereocenters. The van der Waals surface area contributed by atoms with E-state index in [1.165, 1.54) is 0 Å². The minimum absolute atomic E-state index is 0.00427. The Bertz CT molecular complexity index is 707. The van der Waals surface area contributed by atoms with Gasteiger partial charge in [0, 0.05) is 4.57 Å². The van der Waals surface area contributed by atoms with E-state index in [9.17, 15) is 4.57 Å². The summed E-state index contributed by atoms with van der Waals surface area (Å²) in [5.41, 5.74) is 3.53. The number of aliphatic hydroxyl groups is 2. The van der Waals surface area contributed by atoms with Crippen LogP contribution in [0.1, 0.15) is 22.3 Å². The smallest absolute Gasteiger partial charge is 0.392 e. The van der Waals surface area contributed by atoms with Crippen LogP contribution in [0.15, 0.2) is 60.7 Å². The highest BCUT2D eigenvalue weighted by Gasteiger charge is 2.17. The predicted octanol–water partition coefficient (Wildman–Crippen LogP) is 4.09. The van der Waals surface area contributed by atoms with Crippen LogP contribution in [0, 0.1) is 0 Å². The van der Waals surface area contributed by atoms with E-state index in [1.807, 2.05) is 60.7 Å². The van der Waals surface area contributed by atoms with Crippen LogP contribution >= 0.6 is 8.25 Å². The molecule has 0 amide bonds. The second-order valence-corrected chi connectivity index (χ2v) is 6.39. The summed E-state index contributed by atoms with van der Waals surface area (Å²) < 4.78 is 21.8. The lowest BCUT2D eigenvalue weighted by atomic mass is 10.1. The zero-order valence-electron chi connectivity index (χ0n) is 14.3. The van der Waals surface area contributed by atoms with Crippen LogP contribution in [-0.2, 0) is 26.8 Å². The molecule has 0 saturated carbocycles. The van der Waals surface area contributed by atoms with E-state index >= 15 is 0 Å². The molecular formula is C20H22O5P+. The molecule has 0 fully saturated rings. The monoisotopic (exact) mass is 373 g/mol. The largest absolute Gasteiger partial charge is 0.698 e. The van der Waals surface area contributed by atoms with Crippen LogP contribution in [0.3, 0.4) is 0 Å². The molecule has 0 unspecified atom stereocenters. The summed E-state index contributed by atoms with van der Waals surface area (Å²) in [6.07, 6.45) is 7.14. The molecule has 26 heavy (non-hydrogen) atoms. The summed E-state index contributed by atoms with van der Waals surface area (Å²) in [5.74, 6) is 0. The lowest BCUT2D eigenvalue weighted by Crippen LogP contribution is -1.87. The van der Waals surface area contributed by atoms with Crippen LogP contribution in [0.5, 0.6) is 0 Å². The molecule has 0 bridgehead atoms. The number of hydrogen-bond acceptors (Lipinski definition) is 5. The Morgan fingerprint density at radius 2 is 1.27 bits per heavy atom. The van der Waals surface area contributed by atoms with Crippen LogP contribution in [-0.4, -0.2) is 23.4 Å². The van der Waals surface area contributed by atoms with Crippen molar-refractivity contribution in [3.05, 3.63) is 82.9 Å². The zero-order chi connectivity index (χ0) is 18.6. The van der Waals surface area contributed by atoms with E-state index in [0.717, 1.165) is 22.3 Å². The minimum Gasteiger partial charge on any atom is -0.392 e. The predicted molar refractivity (Wildman–Crippen MR) is 102 cm³/mol. The molecule has 136 valence electrons. The van der Waals surface area contributed by atoms with Gasteiger partial charge in [0.2, 0.25) is 0 Å². The highest BCUT2D eigenvalue weighted by molar-refractivity contribution is 7.33. The van der Waals surface area contributed by atoms with Gasteiger partial charge < -0.3 is 10.2 Å². The van der Waals surface area contributed by atoms with Crippen molar-refractivity contribution >= 4 is 20.4 Å². The van der Waals surface area contributed by atoms with Gasteiger partial charge >= 0.3 is 8.25 Å². The first-order valence-corrected chi connectivity index (χ1v) is 9.26. The molecule has 0 radical (unpaired) electrons. The second-order valence-electron chi connectivity index (χ2n) is 5.43. The Balaban J connectivity index is 1.68. The Morgan fingerprint density at radius 1 is 0.808 bits per heavy atom. The number of rotatable bonds is 10. The molecule has 0 saturated heterocycles. The summed E-state index contributed by atoms with van der Waals surface area (Å²) in [6.45, 7) is 0.326. The molecule has 0 aliphatic rings. The van der Waals surface area contributed by atoms with Crippen molar-refractivity contribution in [2.75, 3.05) is 13.2 Å². The lowest BCUT2D eigenvalue weighted by Gasteiger charge is -1.97. The third-order valence-electron chi connectivity index (χ3n) is 3.44. The van der Waals surface area contributed by atoms with Crippen molar-refractivity contribution < 1.29 is 23.8 Å². The fourth-order valence-electron chi connectivity index (χ4n) is 2.20. The van der Waals surface area contributed by atoms with E-state index in [-0.39, 0.29) is 26.4 Å². The summed E-state index contributed by atoms with van der Waals surface area (Å²) in [6, 6.07) is 14.9. The molecule has 2 aromatic carbocycles. The van der Waals surface area contributed by atoms with Crippen LogP contribution < -0.4 is 0 Å². The Hall–Kier alpha value is -2.14. The second kappa shape index (κ2) is 11.5. The van der Waals surface area contributed by atoms with Gasteiger partial charge in [0.1, 0.15) is 13.2 Å². The van der Waals surface area contributed by atoms with Gasteiger partial charge in [-0.25, -0.2) is 0 Å². The molecule has 2 rings (SSSR count). The number of hydrogen-bond donors (Lipinski definition) is 2. The van der Waals surface area contributed by atoms with Gasteiger partial charge in [0.15, 0.2) is 0 Å². The van der Waals surface area contributed by atoms with Crippen molar-refractivity contribution in [1.29, 1.82) is 0 Å². The topological polar surface area (TPSA) is 76.0 Å². The summed E-state index contributed by atoms with van der Waals surface area (Å²) in [4.78, 5) is 0. The highest BCUT2D eigenvalue weighted by Crippen LogP contribution is 2.23. The highest BCUT2D eigenvalue weighted by atomic mass is 31.1. The molecule has 2 N–H and O–H groups in total. The van der Waals surface area contributed by atoms with Crippen molar-refractivity contribution in [3.8, 4) is 0 Å². The average Bonchev–Trinajstić information content (AvgIpc) is 2.69. The summed E-state index contributed by atoms with van der Waals surface area (Å²) in [7, 11) is -2.19. The molecule has 0 aromatic heterocycles. The van der Waals surface area contributed by atoms with Crippen molar-refractivity contribution in [1.82, 2.24) is 0 Å². The Kier molecular flexibility index (Phi) is 8.90. The standard InChI is InChI=1S/C20H22O5P/c21-15-19-7-1-5-17(13-19)9-3-11-24-26(23)25-12-4-10-18-6-2-8-20(14-18)16-22/h1-10,13-14,21-22H,11-12,15-16H2/q+1/b9-3+,10-4+.